The Morgan fingerprint density at radius 2 is 1.67 bits per heavy atom. The van der Waals surface area contributed by atoms with Gasteiger partial charge in [-0.2, -0.15) is 0 Å². The van der Waals surface area contributed by atoms with E-state index in [2.05, 4.69) is 10.6 Å². The lowest BCUT2D eigenvalue weighted by molar-refractivity contribution is -0.119. The molecule has 0 spiro atoms. The van der Waals surface area contributed by atoms with E-state index in [1.807, 2.05) is 0 Å². The first-order chi connectivity index (χ1) is 13.0. The lowest BCUT2D eigenvalue weighted by Crippen LogP contribution is -2.22. The molecule has 8 heteroatoms. The van der Waals surface area contributed by atoms with Crippen LogP contribution in [0, 0.1) is 0 Å². The van der Waals surface area contributed by atoms with Gasteiger partial charge in [-0.3, -0.25) is 9.59 Å². The number of carbonyl (C=O) groups excluding carboxylic acids is 3. The van der Waals surface area contributed by atoms with Gasteiger partial charge in [-0.25, -0.2) is 4.79 Å². The van der Waals surface area contributed by atoms with Gasteiger partial charge < -0.3 is 24.8 Å². The van der Waals surface area contributed by atoms with Crippen molar-refractivity contribution in [2.75, 3.05) is 33.2 Å². The van der Waals surface area contributed by atoms with Gasteiger partial charge >= 0.3 is 5.97 Å². The van der Waals surface area contributed by atoms with Crippen LogP contribution in [0.3, 0.4) is 0 Å². The summed E-state index contributed by atoms with van der Waals surface area (Å²) in [4.78, 5) is 35.7. The Kier molecular flexibility index (Phi) is 6.76. The Labute approximate surface area is 156 Å². The zero-order valence-electron chi connectivity index (χ0n) is 15.2. The second-order valence-electron chi connectivity index (χ2n) is 5.35. The molecule has 0 radical (unpaired) electrons. The van der Waals surface area contributed by atoms with Gasteiger partial charge in [0.25, 0.3) is 11.8 Å². The lowest BCUT2D eigenvalue weighted by Gasteiger charge is -2.10. The number of hydrogen-bond acceptors (Lipinski definition) is 6. The topological polar surface area (TPSA) is 103 Å². The second-order valence-corrected chi connectivity index (χ2v) is 5.35. The zero-order chi connectivity index (χ0) is 19.8. The highest BCUT2D eigenvalue weighted by atomic mass is 16.5. The fraction of sp³-hybridized carbons (Fsp3) is 0.211. The molecule has 2 aromatic rings. The van der Waals surface area contributed by atoms with E-state index in [9.17, 15) is 14.4 Å². The molecule has 0 saturated heterocycles. The molecule has 0 unspecified atom stereocenters. The summed E-state index contributed by atoms with van der Waals surface area (Å²) in [6, 6.07) is 10.9. The first-order valence-electron chi connectivity index (χ1n) is 7.99. The van der Waals surface area contributed by atoms with Gasteiger partial charge in [0.1, 0.15) is 0 Å². The molecule has 0 aliphatic rings. The molecular formula is C19H20N2O6. The van der Waals surface area contributed by atoms with Crippen LogP contribution in [0.2, 0.25) is 0 Å². The third-order valence-corrected chi connectivity index (χ3v) is 3.59. The van der Waals surface area contributed by atoms with Crippen molar-refractivity contribution >= 4 is 23.5 Å². The highest BCUT2D eigenvalue weighted by Gasteiger charge is 2.14. The smallest absolute Gasteiger partial charge is 0.338 e. The molecule has 2 aromatic carbocycles. The van der Waals surface area contributed by atoms with Crippen LogP contribution in [0.4, 0.5) is 5.69 Å². The molecule has 0 aliphatic heterocycles. The first-order valence-corrected chi connectivity index (χ1v) is 7.99. The number of carbonyl (C=O) groups is 3. The molecule has 0 aromatic heterocycles. The Hall–Kier alpha value is -3.55. The SMILES string of the molecule is CNC(=O)c1cccc(NC(=O)COC(=O)c2ccc(OC)c(OC)c2)c1. The van der Waals surface area contributed by atoms with Crippen molar-refractivity contribution < 1.29 is 28.6 Å². The minimum atomic E-state index is -0.676. The molecule has 0 bridgehead atoms. The highest BCUT2D eigenvalue weighted by molar-refractivity contribution is 5.98. The van der Waals surface area contributed by atoms with E-state index in [4.69, 9.17) is 14.2 Å². The highest BCUT2D eigenvalue weighted by Crippen LogP contribution is 2.27. The van der Waals surface area contributed by atoms with Crippen LogP contribution >= 0.6 is 0 Å². The van der Waals surface area contributed by atoms with E-state index in [1.54, 1.807) is 24.3 Å². The summed E-state index contributed by atoms with van der Waals surface area (Å²) in [6.07, 6.45) is 0. The van der Waals surface area contributed by atoms with Crippen molar-refractivity contribution in [3.05, 3.63) is 53.6 Å². The Morgan fingerprint density at radius 1 is 0.926 bits per heavy atom. The normalized spacial score (nSPS) is 9.89. The summed E-state index contributed by atoms with van der Waals surface area (Å²) in [5, 5.41) is 5.07. The van der Waals surface area contributed by atoms with Gasteiger partial charge in [-0.1, -0.05) is 6.07 Å². The van der Waals surface area contributed by atoms with Gasteiger partial charge in [-0.15, -0.1) is 0 Å². The lowest BCUT2D eigenvalue weighted by atomic mass is 10.2. The molecule has 2 amide bonds. The largest absolute Gasteiger partial charge is 0.493 e. The molecule has 0 aliphatic carbocycles. The molecule has 27 heavy (non-hydrogen) atoms. The van der Waals surface area contributed by atoms with E-state index in [-0.39, 0.29) is 11.5 Å². The van der Waals surface area contributed by atoms with Crippen LogP contribution in [-0.2, 0) is 9.53 Å². The van der Waals surface area contributed by atoms with Crippen molar-refractivity contribution in [2.45, 2.75) is 0 Å². The molecule has 0 heterocycles. The third kappa shape index (κ3) is 5.21. The molecule has 0 saturated carbocycles. The van der Waals surface area contributed by atoms with E-state index in [0.717, 1.165) is 0 Å². The van der Waals surface area contributed by atoms with Crippen LogP contribution in [0.5, 0.6) is 11.5 Å². The Balaban J connectivity index is 1.95. The number of esters is 1. The standard InChI is InChI=1S/C19H20N2O6/c1-20-18(23)12-5-4-6-14(9-12)21-17(22)11-27-19(24)13-7-8-15(25-2)16(10-13)26-3/h4-10H,11H2,1-3H3,(H,20,23)(H,21,22). The van der Waals surface area contributed by atoms with Gasteiger partial charge in [0.2, 0.25) is 0 Å². The summed E-state index contributed by atoms with van der Waals surface area (Å²) in [7, 11) is 4.45. The quantitative estimate of drug-likeness (QED) is 0.719. The van der Waals surface area contributed by atoms with Crippen molar-refractivity contribution in [1.82, 2.24) is 5.32 Å². The average molecular weight is 372 g/mol. The molecule has 8 nitrogen and oxygen atoms in total. The zero-order valence-corrected chi connectivity index (χ0v) is 15.2. The molecule has 0 fully saturated rings. The van der Waals surface area contributed by atoms with Gasteiger partial charge in [0, 0.05) is 18.3 Å². The predicted octanol–water partition coefficient (Wildman–Crippen LogP) is 1.86. The fourth-order valence-corrected chi connectivity index (χ4v) is 2.26. The van der Waals surface area contributed by atoms with Gasteiger partial charge in [0.05, 0.1) is 19.8 Å². The minimum absolute atomic E-state index is 0.224. The van der Waals surface area contributed by atoms with Crippen molar-refractivity contribution in [2.24, 2.45) is 0 Å². The fourth-order valence-electron chi connectivity index (χ4n) is 2.26. The maximum Gasteiger partial charge on any atom is 0.338 e. The number of ether oxygens (including phenoxy) is 3. The molecule has 2 rings (SSSR count). The van der Waals surface area contributed by atoms with Crippen molar-refractivity contribution in [3.63, 3.8) is 0 Å². The second kappa shape index (κ2) is 9.23. The number of amides is 2. The van der Waals surface area contributed by atoms with Crippen LogP contribution in [0.25, 0.3) is 0 Å². The molecule has 142 valence electrons. The van der Waals surface area contributed by atoms with Gasteiger partial charge in [0.15, 0.2) is 18.1 Å². The number of hydrogen-bond donors (Lipinski definition) is 2. The maximum atomic E-state index is 12.1. The van der Waals surface area contributed by atoms with Crippen LogP contribution < -0.4 is 20.1 Å². The number of anilines is 1. The van der Waals surface area contributed by atoms with Gasteiger partial charge in [-0.05, 0) is 36.4 Å². The van der Waals surface area contributed by atoms with E-state index >= 15 is 0 Å². The molecule has 0 atom stereocenters. The van der Waals surface area contributed by atoms with Crippen molar-refractivity contribution in [1.29, 1.82) is 0 Å². The average Bonchev–Trinajstić information content (AvgIpc) is 2.70. The molecular weight excluding hydrogens is 352 g/mol. The van der Waals surface area contributed by atoms with E-state index < -0.39 is 18.5 Å². The van der Waals surface area contributed by atoms with E-state index in [1.165, 1.54) is 39.5 Å². The third-order valence-electron chi connectivity index (χ3n) is 3.59. The first kappa shape index (κ1) is 19.8. The van der Waals surface area contributed by atoms with Crippen LogP contribution in [-0.4, -0.2) is 45.7 Å². The Morgan fingerprint density at radius 3 is 2.33 bits per heavy atom. The minimum Gasteiger partial charge on any atom is -0.493 e. The number of rotatable bonds is 7. The predicted molar refractivity (Wildman–Crippen MR) is 98.3 cm³/mol. The van der Waals surface area contributed by atoms with Crippen LogP contribution in [0.1, 0.15) is 20.7 Å². The molecule has 2 N–H and O–H groups in total. The number of nitrogens with one attached hydrogen (secondary N) is 2. The number of benzene rings is 2. The summed E-state index contributed by atoms with van der Waals surface area (Å²) in [6.45, 7) is -0.475. The summed E-state index contributed by atoms with van der Waals surface area (Å²) in [5.41, 5.74) is 1.04. The summed E-state index contributed by atoms with van der Waals surface area (Å²) < 4.78 is 15.2. The monoisotopic (exact) mass is 372 g/mol. The van der Waals surface area contributed by atoms with Crippen LogP contribution in [0.15, 0.2) is 42.5 Å². The maximum absolute atomic E-state index is 12.1. The summed E-state index contributed by atoms with van der Waals surface area (Å²) in [5.74, 6) is -0.626. The van der Waals surface area contributed by atoms with Crippen molar-refractivity contribution in [3.8, 4) is 11.5 Å². The number of methoxy groups -OCH3 is 2. The van der Waals surface area contributed by atoms with E-state index in [0.29, 0.717) is 22.7 Å². The Bertz CT molecular complexity index is 850. The summed E-state index contributed by atoms with van der Waals surface area (Å²) >= 11 is 0.